The average Bonchev–Trinajstić information content (AvgIpc) is 3.01. The lowest BCUT2D eigenvalue weighted by atomic mass is 10.2. The van der Waals surface area contributed by atoms with E-state index in [1.165, 1.54) is 23.1 Å². The second-order valence-electron chi connectivity index (χ2n) is 5.10. The summed E-state index contributed by atoms with van der Waals surface area (Å²) < 4.78 is 1.07. The van der Waals surface area contributed by atoms with Crippen molar-refractivity contribution in [3.63, 3.8) is 0 Å². The van der Waals surface area contributed by atoms with Crippen molar-refractivity contribution in [2.45, 2.75) is 6.92 Å². The SMILES string of the molecule is CS/C(Nc1ccc(C)c(Cl)c1)=C(\C#N)c1nc2ccccc2s1. The van der Waals surface area contributed by atoms with Crippen molar-refractivity contribution >= 4 is 56.2 Å². The molecule has 1 aromatic heterocycles. The fourth-order valence-corrected chi connectivity index (χ4v) is 3.97. The van der Waals surface area contributed by atoms with Crippen LogP contribution in [0.25, 0.3) is 15.8 Å². The van der Waals surface area contributed by atoms with Crippen LogP contribution >= 0.6 is 34.7 Å². The minimum absolute atomic E-state index is 0.542. The number of nitrogens with one attached hydrogen (secondary N) is 1. The Bertz CT molecular complexity index is 937. The maximum absolute atomic E-state index is 9.66. The number of anilines is 1. The summed E-state index contributed by atoms with van der Waals surface area (Å²) in [6, 6.07) is 15.9. The number of benzene rings is 2. The van der Waals surface area contributed by atoms with Crippen LogP contribution in [0.4, 0.5) is 5.69 Å². The lowest BCUT2D eigenvalue weighted by Crippen LogP contribution is -1.99. The summed E-state index contributed by atoms with van der Waals surface area (Å²) in [5.74, 6) is 0. The van der Waals surface area contributed by atoms with Gasteiger partial charge in [-0.2, -0.15) is 5.26 Å². The van der Waals surface area contributed by atoms with Crippen LogP contribution in [-0.2, 0) is 0 Å². The van der Waals surface area contributed by atoms with Gasteiger partial charge < -0.3 is 5.32 Å². The number of nitrogens with zero attached hydrogens (tertiary/aromatic N) is 2. The highest BCUT2D eigenvalue weighted by molar-refractivity contribution is 8.02. The average molecular weight is 372 g/mol. The Hall–Kier alpha value is -2.00. The first kappa shape index (κ1) is 16.8. The van der Waals surface area contributed by atoms with Gasteiger partial charge in [0.2, 0.25) is 0 Å². The number of thioether (sulfide) groups is 1. The van der Waals surface area contributed by atoms with E-state index in [0.717, 1.165) is 26.5 Å². The van der Waals surface area contributed by atoms with Gasteiger partial charge in [0.15, 0.2) is 0 Å². The van der Waals surface area contributed by atoms with E-state index in [4.69, 9.17) is 11.6 Å². The third-order valence-electron chi connectivity index (χ3n) is 3.48. The number of para-hydroxylation sites is 1. The summed E-state index contributed by atoms with van der Waals surface area (Å²) >= 11 is 9.19. The van der Waals surface area contributed by atoms with E-state index in [2.05, 4.69) is 16.4 Å². The zero-order chi connectivity index (χ0) is 17.1. The lowest BCUT2D eigenvalue weighted by molar-refractivity contribution is 1.41. The molecule has 0 bridgehead atoms. The molecule has 0 aliphatic carbocycles. The van der Waals surface area contributed by atoms with E-state index in [1.807, 2.05) is 55.6 Å². The predicted octanol–water partition coefficient (Wildman–Crippen LogP) is 5.93. The van der Waals surface area contributed by atoms with Gasteiger partial charge in [-0.05, 0) is 43.0 Å². The number of hydrogen-bond donors (Lipinski definition) is 1. The van der Waals surface area contributed by atoms with Crippen molar-refractivity contribution in [1.82, 2.24) is 4.98 Å². The molecule has 0 aliphatic heterocycles. The number of aryl methyl sites for hydroxylation is 1. The predicted molar refractivity (Wildman–Crippen MR) is 105 cm³/mol. The van der Waals surface area contributed by atoms with Crippen LogP contribution in [0.1, 0.15) is 10.6 Å². The second kappa shape index (κ2) is 7.27. The van der Waals surface area contributed by atoms with Crippen molar-refractivity contribution in [2.24, 2.45) is 0 Å². The second-order valence-corrected chi connectivity index (χ2v) is 7.35. The molecular formula is C18H14ClN3S2. The van der Waals surface area contributed by atoms with Crippen LogP contribution in [0.15, 0.2) is 47.5 Å². The van der Waals surface area contributed by atoms with Gasteiger partial charge in [-0.1, -0.05) is 29.8 Å². The van der Waals surface area contributed by atoms with Crippen molar-refractivity contribution < 1.29 is 0 Å². The monoisotopic (exact) mass is 371 g/mol. The highest BCUT2D eigenvalue weighted by atomic mass is 35.5. The maximum atomic E-state index is 9.66. The van der Waals surface area contributed by atoms with E-state index < -0.39 is 0 Å². The Morgan fingerprint density at radius 2 is 2.08 bits per heavy atom. The summed E-state index contributed by atoms with van der Waals surface area (Å²) in [7, 11) is 0. The van der Waals surface area contributed by atoms with Crippen LogP contribution in [0, 0.1) is 18.3 Å². The molecule has 24 heavy (non-hydrogen) atoms. The van der Waals surface area contributed by atoms with Crippen LogP contribution < -0.4 is 5.32 Å². The number of hydrogen-bond acceptors (Lipinski definition) is 5. The largest absolute Gasteiger partial charge is 0.349 e. The third-order valence-corrected chi connectivity index (χ3v) is 5.66. The number of aromatic nitrogens is 1. The summed E-state index contributed by atoms with van der Waals surface area (Å²) in [6.07, 6.45) is 1.93. The normalized spacial score (nSPS) is 11.9. The first-order chi connectivity index (χ1) is 11.6. The number of allylic oxidation sites excluding steroid dienone is 1. The molecule has 0 radical (unpaired) electrons. The number of rotatable bonds is 4. The van der Waals surface area contributed by atoms with Gasteiger partial charge in [0, 0.05) is 10.7 Å². The summed E-state index contributed by atoms with van der Waals surface area (Å²) in [4.78, 5) is 4.58. The van der Waals surface area contributed by atoms with Crippen LogP contribution in [0.2, 0.25) is 5.02 Å². The van der Waals surface area contributed by atoms with Gasteiger partial charge in [0.1, 0.15) is 16.6 Å². The van der Waals surface area contributed by atoms with Crippen molar-refractivity contribution in [3.8, 4) is 6.07 Å². The van der Waals surface area contributed by atoms with Crippen molar-refractivity contribution in [1.29, 1.82) is 5.26 Å². The summed E-state index contributed by atoms with van der Waals surface area (Å²) in [6.45, 7) is 1.96. The molecule has 2 aromatic carbocycles. The van der Waals surface area contributed by atoms with Gasteiger partial charge in [-0.3, -0.25) is 0 Å². The van der Waals surface area contributed by atoms with Gasteiger partial charge in [0.05, 0.1) is 15.2 Å². The smallest absolute Gasteiger partial charge is 0.137 e. The molecule has 120 valence electrons. The third kappa shape index (κ3) is 3.41. The summed E-state index contributed by atoms with van der Waals surface area (Å²) in [5, 5.41) is 15.1. The topological polar surface area (TPSA) is 48.7 Å². The highest BCUT2D eigenvalue weighted by Crippen LogP contribution is 2.32. The van der Waals surface area contributed by atoms with E-state index >= 15 is 0 Å². The van der Waals surface area contributed by atoms with E-state index in [9.17, 15) is 5.26 Å². The zero-order valence-electron chi connectivity index (χ0n) is 13.1. The molecule has 0 atom stereocenters. The Balaban J connectivity index is 2.03. The van der Waals surface area contributed by atoms with Crippen molar-refractivity contribution in [2.75, 3.05) is 11.6 Å². The highest BCUT2D eigenvalue weighted by Gasteiger charge is 2.14. The summed E-state index contributed by atoms with van der Waals surface area (Å²) in [5.41, 5.74) is 3.32. The number of nitriles is 1. The van der Waals surface area contributed by atoms with Gasteiger partial charge in [-0.25, -0.2) is 4.98 Å². The molecule has 3 nitrogen and oxygen atoms in total. The van der Waals surface area contributed by atoms with Gasteiger partial charge in [-0.15, -0.1) is 23.1 Å². The molecule has 0 saturated heterocycles. The molecule has 0 saturated carbocycles. The fourth-order valence-electron chi connectivity index (χ4n) is 2.19. The maximum Gasteiger partial charge on any atom is 0.137 e. The number of halogens is 1. The number of thiazole rings is 1. The Morgan fingerprint density at radius 3 is 2.75 bits per heavy atom. The Kier molecular flexibility index (Phi) is 5.10. The molecule has 3 rings (SSSR count). The molecule has 0 amide bonds. The van der Waals surface area contributed by atoms with E-state index in [0.29, 0.717) is 15.6 Å². The quantitative estimate of drug-likeness (QED) is 0.578. The minimum Gasteiger partial charge on any atom is -0.349 e. The molecule has 0 unspecified atom stereocenters. The molecule has 6 heteroatoms. The number of fused-ring (bicyclic) bond motifs is 1. The van der Waals surface area contributed by atoms with Gasteiger partial charge >= 0.3 is 0 Å². The molecule has 3 aromatic rings. The lowest BCUT2D eigenvalue weighted by Gasteiger charge is -2.11. The molecule has 0 aliphatic rings. The minimum atomic E-state index is 0.542. The van der Waals surface area contributed by atoms with Crippen molar-refractivity contribution in [3.05, 3.63) is 63.1 Å². The first-order valence-corrected chi connectivity index (χ1v) is 9.62. The van der Waals surface area contributed by atoms with E-state index in [-0.39, 0.29) is 0 Å². The Labute approximate surface area is 154 Å². The molecule has 0 fully saturated rings. The standard InChI is InChI=1S/C18H14ClN3S2/c1-11-7-8-12(9-14(11)19)21-17(23-2)13(10-20)18-22-15-5-3-4-6-16(15)24-18/h3-9,21H,1-2H3/b17-13+. The first-order valence-electron chi connectivity index (χ1n) is 7.20. The van der Waals surface area contributed by atoms with E-state index in [1.54, 1.807) is 0 Å². The molecule has 0 spiro atoms. The molecular weight excluding hydrogens is 358 g/mol. The van der Waals surface area contributed by atoms with Crippen LogP contribution in [0.5, 0.6) is 0 Å². The molecule has 1 heterocycles. The van der Waals surface area contributed by atoms with Gasteiger partial charge in [0.25, 0.3) is 0 Å². The van der Waals surface area contributed by atoms with Crippen LogP contribution in [-0.4, -0.2) is 11.2 Å². The zero-order valence-corrected chi connectivity index (χ0v) is 15.5. The fraction of sp³-hybridized carbons (Fsp3) is 0.111. The molecule has 1 N–H and O–H groups in total. The van der Waals surface area contributed by atoms with Crippen LogP contribution in [0.3, 0.4) is 0 Å². The Morgan fingerprint density at radius 1 is 1.29 bits per heavy atom.